The molecule has 1 aromatic rings. The zero-order valence-corrected chi connectivity index (χ0v) is 11.1. The van der Waals surface area contributed by atoms with Gasteiger partial charge in [-0.05, 0) is 43.9 Å². The second-order valence-electron chi connectivity index (χ2n) is 5.69. The molecule has 4 heteroatoms. The van der Waals surface area contributed by atoms with Gasteiger partial charge in [0.15, 0.2) is 0 Å². The first-order valence-electron chi connectivity index (χ1n) is 6.90. The van der Waals surface area contributed by atoms with E-state index in [0.29, 0.717) is 0 Å². The topological polar surface area (TPSA) is 41.6 Å². The molecule has 2 saturated carbocycles. The van der Waals surface area contributed by atoms with Crippen molar-refractivity contribution in [3.8, 4) is 0 Å². The Morgan fingerprint density at radius 2 is 1.88 bits per heavy atom. The minimum Gasteiger partial charge on any atom is -0.264 e. The maximum atomic E-state index is 4.07. The van der Waals surface area contributed by atoms with Crippen molar-refractivity contribution in [3.63, 3.8) is 0 Å². The highest BCUT2D eigenvalue weighted by Crippen LogP contribution is 2.49. The smallest absolute Gasteiger partial charge is 0.138 e. The Morgan fingerprint density at radius 3 is 2.53 bits per heavy atom. The summed E-state index contributed by atoms with van der Waals surface area (Å²) in [5, 5.41) is 12.5. The molecule has 0 saturated heterocycles. The lowest BCUT2D eigenvalue weighted by Crippen LogP contribution is -2.30. The number of thioether (sulfide) groups is 1. The lowest BCUT2D eigenvalue weighted by Gasteiger charge is -2.42. The number of nitrogens with one attached hydrogen (secondary N) is 1. The van der Waals surface area contributed by atoms with E-state index >= 15 is 0 Å². The second kappa shape index (κ2) is 5.01. The lowest BCUT2D eigenvalue weighted by atomic mass is 9.65. The van der Waals surface area contributed by atoms with Crippen LogP contribution in [-0.2, 0) is 0 Å². The molecule has 1 heterocycles. The number of H-pyrrole nitrogens is 1. The van der Waals surface area contributed by atoms with Gasteiger partial charge in [0.05, 0.1) is 6.20 Å². The molecule has 1 N–H and O–H groups in total. The molecule has 0 aromatic carbocycles. The van der Waals surface area contributed by atoms with Crippen molar-refractivity contribution in [3.05, 3.63) is 6.20 Å². The molecule has 0 atom stereocenters. The summed E-state index contributed by atoms with van der Waals surface area (Å²) in [5.41, 5.74) is 0.735. The number of nitrogens with zero attached hydrogens (tertiary/aromatic N) is 2. The molecular formula is C13H21N3S. The third-order valence-electron chi connectivity index (χ3n) is 4.59. The summed E-state index contributed by atoms with van der Waals surface area (Å²) in [6.07, 6.45) is 15.0. The normalized spacial score (nSPS) is 25.2. The van der Waals surface area contributed by atoms with E-state index in [4.69, 9.17) is 0 Å². The molecule has 0 bridgehead atoms. The minimum absolute atomic E-state index is 0.735. The SMILES string of the molecule is c1[nH]nnc1SC1CCC2(CCCCC2)CC1. The van der Waals surface area contributed by atoms with Crippen LogP contribution in [-0.4, -0.2) is 20.7 Å². The summed E-state index contributed by atoms with van der Waals surface area (Å²) in [4.78, 5) is 0. The highest BCUT2D eigenvalue weighted by atomic mass is 32.2. The van der Waals surface area contributed by atoms with Gasteiger partial charge in [0.1, 0.15) is 5.03 Å². The molecule has 94 valence electrons. The average Bonchev–Trinajstić information content (AvgIpc) is 2.87. The fourth-order valence-electron chi connectivity index (χ4n) is 3.54. The summed E-state index contributed by atoms with van der Waals surface area (Å²) < 4.78 is 0. The van der Waals surface area contributed by atoms with Crippen molar-refractivity contribution in [2.75, 3.05) is 0 Å². The van der Waals surface area contributed by atoms with Gasteiger partial charge in [-0.2, -0.15) is 0 Å². The van der Waals surface area contributed by atoms with Crippen LogP contribution < -0.4 is 0 Å². The molecule has 1 spiro atoms. The van der Waals surface area contributed by atoms with E-state index in [2.05, 4.69) is 15.4 Å². The van der Waals surface area contributed by atoms with Crippen LogP contribution in [0.5, 0.6) is 0 Å². The summed E-state index contributed by atoms with van der Waals surface area (Å²) in [7, 11) is 0. The Bertz CT molecular complexity index is 334. The Hall–Kier alpha value is -0.510. The quantitative estimate of drug-likeness (QED) is 0.869. The molecule has 0 amide bonds. The van der Waals surface area contributed by atoms with Gasteiger partial charge < -0.3 is 0 Å². The van der Waals surface area contributed by atoms with Gasteiger partial charge in [-0.15, -0.1) is 5.10 Å². The maximum absolute atomic E-state index is 4.07. The fourth-order valence-corrected chi connectivity index (χ4v) is 4.56. The first-order valence-corrected chi connectivity index (χ1v) is 7.77. The van der Waals surface area contributed by atoms with E-state index in [1.807, 2.05) is 18.0 Å². The number of hydrogen-bond acceptors (Lipinski definition) is 3. The van der Waals surface area contributed by atoms with Gasteiger partial charge >= 0.3 is 0 Å². The maximum Gasteiger partial charge on any atom is 0.138 e. The third kappa shape index (κ3) is 2.67. The standard InChI is InChI=1S/C13H21N3S/c1-2-6-13(7-3-1)8-4-11(5-9-13)17-12-10-14-16-15-12/h10-11H,1-9H2,(H,14,15,16). The van der Waals surface area contributed by atoms with Crippen LogP contribution in [0.2, 0.25) is 0 Å². The van der Waals surface area contributed by atoms with Crippen molar-refractivity contribution in [1.29, 1.82) is 0 Å². The summed E-state index contributed by atoms with van der Waals surface area (Å²) in [6.45, 7) is 0. The molecule has 2 aliphatic rings. The van der Waals surface area contributed by atoms with Crippen molar-refractivity contribution < 1.29 is 0 Å². The van der Waals surface area contributed by atoms with Crippen LogP contribution >= 0.6 is 11.8 Å². The predicted octanol–water partition coefficient (Wildman–Crippen LogP) is 3.79. The Morgan fingerprint density at radius 1 is 1.12 bits per heavy atom. The van der Waals surface area contributed by atoms with Crippen molar-refractivity contribution in [2.24, 2.45) is 5.41 Å². The average molecular weight is 251 g/mol. The molecule has 0 aliphatic heterocycles. The molecular weight excluding hydrogens is 230 g/mol. The molecule has 3 rings (SSSR count). The molecule has 2 aliphatic carbocycles. The van der Waals surface area contributed by atoms with Crippen LogP contribution in [0.4, 0.5) is 0 Å². The fraction of sp³-hybridized carbons (Fsp3) is 0.846. The summed E-state index contributed by atoms with van der Waals surface area (Å²) in [5.74, 6) is 0. The third-order valence-corrected chi connectivity index (χ3v) is 5.83. The molecule has 0 radical (unpaired) electrons. The van der Waals surface area contributed by atoms with E-state index < -0.39 is 0 Å². The van der Waals surface area contributed by atoms with Gasteiger partial charge in [-0.3, -0.25) is 5.10 Å². The Kier molecular flexibility index (Phi) is 3.41. The Labute approximate surface area is 107 Å². The van der Waals surface area contributed by atoms with E-state index in [0.717, 1.165) is 15.7 Å². The largest absolute Gasteiger partial charge is 0.264 e. The van der Waals surface area contributed by atoms with E-state index in [1.165, 1.54) is 57.8 Å². The Balaban J connectivity index is 1.53. The second-order valence-corrected chi connectivity index (χ2v) is 7.01. The van der Waals surface area contributed by atoms with Gasteiger partial charge in [0.2, 0.25) is 0 Å². The van der Waals surface area contributed by atoms with Crippen LogP contribution in [0.1, 0.15) is 57.8 Å². The van der Waals surface area contributed by atoms with Crippen LogP contribution in [0.15, 0.2) is 11.2 Å². The zero-order chi connectivity index (χ0) is 11.6. The van der Waals surface area contributed by atoms with Crippen LogP contribution in [0.25, 0.3) is 0 Å². The van der Waals surface area contributed by atoms with Gasteiger partial charge in [0.25, 0.3) is 0 Å². The summed E-state index contributed by atoms with van der Waals surface area (Å²) >= 11 is 1.91. The number of aromatic amines is 1. The minimum atomic E-state index is 0.735. The number of aromatic nitrogens is 3. The van der Waals surface area contributed by atoms with Crippen molar-refractivity contribution >= 4 is 11.8 Å². The van der Waals surface area contributed by atoms with Crippen molar-refractivity contribution in [2.45, 2.75) is 68.1 Å². The van der Waals surface area contributed by atoms with E-state index in [-0.39, 0.29) is 0 Å². The number of hydrogen-bond donors (Lipinski definition) is 1. The zero-order valence-electron chi connectivity index (χ0n) is 10.3. The molecule has 17 heavy (non-hydrogen) atoms. The molecule has 0 unspecified atom stereocenters. The first kappa shape index (κ1) is 11.6. The van der Waals surface area contributed by atoms with E-state index in [9.17, 15) is 0 Å². The van der Waals surface area contributed by atoms with Crippen LogP contribution in [0.3, 0.4) is 0 Å². The van der Waals surface area contributed by atoms with Gasteiger partial charge in [-0.25, -0.2) is 0 Å². The van der Waals surface area contributed by atoms with Gasteiger partial charge in [0, 0.05) is 5.25 Å². The first-order chi connectivity index (χ1) is 8.36. The molecule has 1 aromatic heterocycles. The number of rotatable bonds is 2. The lowest BCUT2D eigenvalue weighted by molar-refractivity contribution is 0.127. The molecule has 2 fully saturated rings. The molecule has 3 nitrogen and oxygen atoms in total. The highest BCUT2D eigenvalue weighted by molar-refractivity contribution is 7.99. The van der Waals surface area contributed by atoms with Gasteiger partial charge in [-0.1, -0.05) is 36.2 Å². The van der Waals surface area contributed by atoms with Crippen molar-refractivity contribution in [1.82, 2.24) is 15.4 Å². The predicted molar refractivity (Wildman–Crippen MR) is 70.0 cm³/mol. The summed E-state index contributed by atoms with van der Waals surface area (Å²) in [6, 6.07) is 0. The monoisotopic (exact) mass is 251 g/mol. The van der Waals surface area contributed by atoms with E-state index in [1.54, 1.807) is 0 Å². The highest BCUT2D eigenvalue weighted by Gasteiger charge is 2.36. The van der Waals surface area contributed by atoms with Crippen LogP contribution in [0, 0.1) is 5.41 Å².